The SMILES string of the molecule is CCCc1c(S(=O)(=O)O)ccc(C)c1Nc1cc(-c2ccc(OC)cc2)nc2ccccc12. The van der Waals surface area contributed by atoms with Gasteiger partial charge in [0.15, 0.2) is 0 Å². The zero-order chi connectivity index (χ0) is 23.6. The second-order valence-electron chi connectivity index (χ2n) is 7.88. The molecular weight excluding hydrogens is 436 g/mol. The lowest BCUT2D eigenvalue weighted by molar-refractivity contribution is 0.415. The van der Waals surface area contributed by atoms with E-state index in [1.54, 1.807) is 13.2 Å². The van der Waals surface area contributed by atoms with Crippen molar-refractivity contribution in [1.29, 1.82) is 0 Å². The van der Waals surface area contributed by atoms with Gasteiger partial charge in [0.25, 0.3) is 10.1 Å². The Morgan fingerprint density at radius 2 is 1.76 bits per heavy atom. The van der Waals surface area contributed by atoms with E-state index in [0.29, 0.717) is 17.7 Å². The summed E-state index contributed by atoms with van der Waals surface area (Å²) < 4.78 is 39.2. The van der Waals surface area contributed by atoms with Crippen LogP contribution in [0.3, 0.4) is 0 Å². The van der Waals surface area contributed by atoms with Gasteiger partial charge in [-0.1, -0.05) is 37.6 Å². The molecule has 7 heteroatoms. The Morgan fingerprint density at radius 3 is 2.42 bits per heavy atom. The summed E-state index contributed by atoms with van der Waals surface area (Å²) >= 11 is 0. The fourth-order valence-corrected chi connectivity index (χ4v) is 4.74. The number of nitrogens with one attached hydrogen (secondary N) is 1. The summed E-state index contributed by atoms with van der Waals surface area (Å²) in [6.45, 7) is 3.90. The highest BCUT2D eigenvalue weighted by molar-refractivity contribution is 7.85. The lowest BCUT2D eigenvalue weighted by Crippen LogP contribution is -2.08. The van der Waals surface area contributed by atoms with Gasteiger partial charge < -0.3 is 10.1 Å². The number of rotatable bonds is 7. The first-order valence-electron chi connectivity index (χ1n) is 10.7. The van der Waals surface area contributed by atoms with Gasteiger partial charge in [-0.25, -0.2) is 4.98 Å². The molecule has 0 amide bonds. The number of nitrogens with zero attached hydrogens (tertiary/aromatic N) is 1. The Morgan fingerprint density at radius 1 is 1.03 bits per heavy atom. The number of pyridine rings is 1. The lowest BCUT2D eigenvalue weighted by atomic mass is 10.0. The molecule has 0 saturated heterocycles. The van der Waals surface area contributed by atoms with E-state index in [4.69, 9.17) is 9.72 Å². The number of hydrogen-bond donors (Lipinski definition) is 2. The standard InChI is InChI=1S/C26H26N2O4S/c1-4-7-21-25(33(29,30)31)15-10-17(2)26(21)28-24-16-23(18-11-13-19(32-3)14-12-18)27-22-9-6-5-8-20(22)24/h5-6,8-16H,4,7H2,1-3H3,(H,27,28)(H,29,30,31). The van der Waals surface area contributed by atoms with Crippen LogP contribution < -0.4 is 10.1 Å². The average molecular weight is 463 g/mol. The van der Waals surface area contributed by atoms with Crippen LogP contribution in [0.2, 0.25) is 0 Å². The molecule has 0 fully saturated rings. The van der Waals surface area contributed by atoms with Gasteiger partial charge in [0.2, 0.25) is 0 Å². The highest BCUT2D eigenvalue weighted by Gasteiger charge is 2.20. The largest absolute Gasteiger partial charge is 0.497 e. The first-order chi connectivity index (χ1) is 15.8. The van der Waals surface area contributed by atoms with Crippen molar-refractivity contribution < 1.29 is 17.7 Å². The zero-order valence-electron chi connectivity index (χ0n) is 18.8. The van der Waals surface area contributed by atoms with Crippen molar-refractivity contribution in [2.24, 2.45) is 0 Å². The van der Waals surface area contributed by atoms with Crippen LogP contribution >= 0.6 is 0 Å². The van der Waals surface area contributed by atoms with Gasteiger partial charge in [-0.3, -0.25) is 4.55 Å². The van der Waals surface area contributed by atoms with E-state index in [2.05, 4.69) is 5.32 Å². The van der Waals surface area contributed by atoms with Crippen LogP contribution in [0.25, 0.3) is 22.2 Å². The first kappa shape index (κ1) is 22.8. The van der Waals surface area contributed by atoms with Crippen LogP contribution in [0, 0.1) is 6.92 Å². The van der Waals surface area contributed by atoms with Crippen LogP contribution in [-0.2, 0) is 16.5 Å². The third-order valence-corrected chi connectivity index (χ3v) is 6.56. The van der Waals surface area contributed by atoms with E-state index >= 15 is 0 Å². The van der Waals surface area contributed by atoms with Crippen LogP contribution in [-0.4, -0.2) is 25.1 Å². The highest BCUT2D eigenvalue weighted by atomic mass is 32.2. The fraction of sp³-hybridized carbons (Fsp3) is 0.192. The molecule has 0 atom stereocenters. The predicted molar refractivity (Wildman–Crippen MR) is 132 cm³/mol. The number of para-hydroxylation sites is 1. The summed E-state index contributed by atoms with van der Waals surface area (Å²) in [6.07, 6.45) is 1.24. The number of aromatic nitrogens is 1. The van der Waals surface area contributed by atoms with Crippen molar-refractivity contribution in [3.05, 3.63) is 77.9 Å². The molecule has 0 saturated carbocycles. The Kier molecular flexibility index (Phi) is 6.35. The minimum atomic E-state index is -4.35. The maximum atomic E-state index is 12.1. The van der Waals surface area contributed by atoms with Crippen LogP contribution in [0.5, 0.6) is 5.75 Å². The molecule has 2 N–H and O–H groups in total. The summed E-state index contributed by atoms with van der Waals surface area (Å²) in [5, 5.41) is 4.38. The maximum Gasteiger partial charge on any atom is 0.294 e. The Balaban J connectivity index is 1.90. The van der Waals surface area contributed by atoms with Crippen LogP contribution in [0.4, 0.5) is 11.4 Å². The van der Waals surface area contributed by atoms with Crippen LogP contribution in [0.15, 0.2) is 71.6 Å². The van der Waals surface area contributed by atoms with E-state index < -0.39 is 10.1 Å². The van der Waals surface area contributed by atoms with Crippen molar-refractivity contribution in [3.63, 3.8) is 0 Å². The number of fused-ring (bicyclic) bond motifs is 1. The molecule has 1 heterocycles. The molecule has 4 rings (SSSR count). The zero-order valence-corrected chi connectivity index (χ0v) is 19.6. The maximum absolute atomic E-state index is 12.1. The normalized spacial score (nSPS) is 11.5. The molecule has 6 nitrogen and oxygen atoms in total. The third kappa shape index (κ3) is 4.69. The average Bonchev–Trinajstić information content (AvgIpc) is 2.80. The predicted octanol–water partition coefficient (Wildman–Crippen LogP) is 6.16. The Hall–Kier alpha value is -3.42. The summed E-state index contributed by atoms with van der Waals surface area (Å²) in [5.41, 5.74) is 5.48. The summed E-state index contributed by atoms with van der Waals surface area (Å²) in [6, 6.07) is 20.6. The smallest absolute Gasteiger partial charge is 0.294 e. The van der Waals surface area contributed by atoms with E-state index in [-0.39, 0.29) is 4.90 Å². The molecule has 0 unspecified atom stereocenters. The number of ether oxygens (including phenoxy) is 1. The van der Waals surface area contributed by atoms with Gasteiger partial charge >= 0.3 is 0 Å². The van der Waals surface area contributed by atoms with Gasteiger partial charge in [-0.05, 0) is 66.9 Å². The van der Waals surface area contributed by atoms with Crippen LogP contribution in [0.1, 0.15) is 24.5 Å². The van der Waals surface area contributed by atoms with E-state index in [0.717, 1.165) is 45.6 Å². The van der Waals surface area contributed by atoms with E-state index in [1.807, 2.05) is 68.4 Å². The molecule has 0 aliphatic heterocycles. The van der Waals surface area contributed by atoms with Gasteiger partial charge in [-0.2, -0.15) is 8.42 Å². The number of aryl methyl sites for hydroxylation is 1. The fourth-order valence-electron chi connectivity index (χ4n) is 3.98. The Labute approximate surface area is 194 Å². The molecule has 0 spiro atoms. The highest BCUT2D eigenvalue weighted by Crippen LogP contribution is 2.35. The Bertz CT molecular complexity index is 1410. The topological polar surface area (TPSA) is 88.5 Å². The van der Waals surface area contributed by atoms with Crippen molar-refractivity contribution >= 4 is 32.4 Å². The molecule has 170 valence electrons. The summed E-state index contributed by atoms with van der Waals surface area (Å²) in [7, 11) is -2.72. The molecular formula is C26H26N2O4S. The number of hydrogen-bond acceptors (Lipinski definition) is 5. The van der Waals surface area contributed by atoms with Crippen molar-refractivity contribution in [2.75, 3.05) is 12.4 Å². The van der Waals surface area contributed by atoms with Gasteiger partial charge in [0.05, 0.1) is 28.9 Å². The molecule has 33 heavy (non-hydrogen) atoms. The summed E-state index contributed by atoms with van der Waals surface area (Å²) in [5.74, 6) is 0.764. The lowest BCUT2D eigenvalue weighted by Gasteiger charge is -2.19. The van der Waals surface area contributed by atoms with E-state index in [9.17, 15) is 13.0 Å². The van der Waals surface area contributed by atoms with E-state index in [1.165, 1.54) is 6.07 Å². The second kappa shape index (κ2) is 9.21. The number of methoxy groups -OCH3 is 1. The molecule has 3 aromatic carbocycles. The minimum absolute atomic E-state index is 0.0637. The molecule has 0 bridgehead atoms. The molecule has 0 aliphatic rings. The van der Waals surface area contributed by atoms with Crippen molar-refractivity contribution in [3.8, 4) is 17.0 Å². The molecule has 0 radical (unpaired) electrons. The molecule has 1 aromatic heterocycles. The number of benzene rings is 3. The second-order valence-corrected chi connectivity index (χ2v) is 9.27. The van der Waals surface area contributed by atoms with Crippen molar-refractivity contribution in [1.82, 2.24) is 4.98 Å². The minimum Gasteiger partial charge on any atom is -0.497 e. The number of anilines is 2. The van der Waals surface area contributed by atoms with Gasteiger partial charge in [-0.15, -0.1) is 0 Å². The quantitative estimate of drug-likeness (QED) is 0.320. The van der Waals surface area contributed by atoms with Crippen molar-refractivity contribution in [2.45, 2.75) is 31.6 Å². The third-order valence-electron chi connectivity index (χ3n) is 5.62. The molecule has 0 aliphatic carbocycles. The van der Waals surface area contributed by atoms with Gasteiger partial charge in [0, 0.05) is 16.6 Å². The summed E-state index contributed by atoms with van der Waals surface area (Å²) in [4.78, 5) is 4.76. The molecule has 4 aromatic rings. The first-order valence-corrected chi connectivity index (χ1v) is 12.2. The van der Waals surface area contributed by atoms with Gasteiger partial charge in [0.1, 0.15) is 5.75 Å². The monoisotopic (exact) mass is 462 g/mol.